The highest BCUT2D eigenvalue weighted by atomic mass is 35.5. The van der Waals surface area contributed by atoms with Crippen LogP contribution in [-0.4, -0.2) is 31.0 Å². The van der Waals surface area contributed by atoms with Crippen LogP contribution in [0.5, 0.6) is 11.5 Å². The van der Waals surface area contributed by atoms with Crippen LogP contribution in [0.2, 0.25) is 5.02 Å². The molecule has 1 N–H and O–H groups in total. The van der Waals surface area contributed by atoms with Crippen molar-refractivity contribution >= 4 is 34.7 Å². The Hall–Kier alpha value is -3.84. The molecule has 0 spiro atoms. The number of methoxy groups -OCH3 is 2. The Balaban J connectivity index is 2.00. The van der Waals surface area contributed by atoms with E-state index < -0.39 is 29.3 Å². The number of nitrogens with zero attached hydrogens (tertiary/aromatic N) is 1. The van der Waals surface area contributed by atoms with Gasteiger partial charge in [0.2, 0.25) is 0 Å². The number of ketones is 1. The molecule has 1 aliphatic rings. The van der Waals surface area contributed by atoms with Gasteiger partial charge in [0.1, 0.15) is 23.1 Å². The number of carbonyl (C=O) groups excluding carboxylic acids is 2. The van der Waals surface area contributed by atoms with Crippen LogP contribution in [0.3, 0.4) is 0 Å². The summed E-state index contributed by atoms with van der Waals surface area (Å²) in [6, 6.07) is 14.4. The fourth-order valence-corrected chi connectivity index (χ4v) is 4.31. The Morgan fingerprint density at radius 2 is 1.71 bits per heavy atom. The number of aliphatic hydroxyl groups is 1. The van der Waals surface area contributed by atoms with Gasteiger partial charge in [-0.15, -0.1) is 0 Å². The van der Waals surface area contributed by atoms with Crippen molar-refractivity contribution < 1.29 is 28.6 Å². The van der Waals surface area contributed by atoms with Crippen LogP contribution >= 0.6 is 11.6 Å². The van der Waals surface area contributed by atoms with E-state index in [2.05, 4.69) is 0 Å². The molecule has 1 heterocycles. The van der Waals surface area contributed by atoms with E-state index in [4.69, 9.17) is 21.1 Å². The number of Topliss-reactive ketones (excluding diaryl/α,β-unsaturated/α-hetero) is 1. The zero-order valence-electron chi connectivity index (χ0n) is 18.6. The highest BCUT2D eigenvalue weighted by Crippen LogP contribution is 2.44. The van der Waals surface area contributed by atoms with Gasteiger partial charge in [-0.3, -0.25) is 14.5 Å². The van der Waals surface area contributed by atoms with Crippen molar-refractivity contribution in [2.75, 3.05) is 19.1 Å². The van der Waals surface area contributed by atoms with Crippen LogP contribution in [0.4, 0.5) is 10.1 Å². The molecule has 8 heteroatoms. The average Bonchev–Trinajstić information content (AvgIpc) is 3.09. The van der Waals surface area contributed by atoms with Crippen LogP contribution in [0.1, 0.15) is 22.7 Å². The summed E-state index contributed by atoms with van der Waals surface area (Å²) in [5.41, 5.74) is 1.59. The van der Waals surface area contributed by atoms with E-state index in [1.54, 1.807) is 18.2 Å². The minimum atomic E-state index is -1.01. The van der Waals surface area contributed by atoms with Crippen molar-refractivity contribution in [1.82, 2.24) is 0 Å². The molecule has 34 heavy (non-hydrogen) atoms. The predicted molar refractivity (Wildman–Crippen MR) is 127 cm³/mol. The molecule has 0 aromatic heterocycles. The molecule has 0 bridgehead atoms. The number of hydrogen-bond acceptors (Lipinski definition) is 5. The number of amides is 1. The lowest BCUT2D eigenvalue weighted by atomic mass is 9.94. The second kappa shape index (κ2) is 9.19. The summed E-state index contributed by atoms with van der Waals surface area (Å²) in [7, 11) is 2.82. The number of ether oxygens (including phenoxy) is 2. The summed E-state index contributed by atoms with van der Waals surface area (Å²) in [5.74, 6) is -2.33. The van der Waals surface area contributed by atoms with Gasteiger partial charge in [-0.1, -0.05) is 47.5 Å². The Bertz CT molecular complexity index is 1340. The van der Waals surface area contributed by atoms with Gasteiger partial charge in [0, 0.05) is 11.8 Å². The van der Waals surface area contributed by atoms with Gasteiger partial charge in [-0.2, -0.15) is 0 Å². The number of hydrogen-bond donors (Lipinski definition) is 1. The standard InChI is InChI=1S/C26H21ClFNO5/c1-14-6-4-7-15(10-14)23-22(24(30)18-12-19(27)21(34-3)13-20(18)33-2)25(31)26(32)29(23)17-9-5-8-16(28)11-17/h4-13,23,30H,1-3H3/b24-22+. The quantitative estimate of drug-likeness (QED) is 0.299. The minimum Gasteiger partial charge on any atom is -0.507 e. The van der Waals surface area contributed by atoms with Crippen LogP contribution in [-0.2, 0) is 9.59 Å². The third-order valence-electron chi connectivity index (χ3n) is 5.62. The number of anilines is 1. The number of halogens is 2. The lowest BCUT2D eigenvalue weighted by Crippen LogP contribution is -2.29. The zero-order valence-corrected chi connectivity index (χ0v) is 19.4. The number of rotatable bonds is 5. The molecule has 3 aromatic rings. The lowest BCUT2D eigenvalue weighted by Gasteiger charge is -2.26. The van der Waals surface area contributed by atoms with Crippen LogP contribution in [0.15, 0.2) is 66.2 Å². The maximum absolute atomic E-state index is 14.0. The molecule has 174 valence electrons. The van der Waals surface area contributed by atoms with Crippen molar-refractivity contribution in [1.29, 1.82) is 0 Å². The van der Waals surface area contributed by atoms with Crippen molar-refractivity contribution in [3.05, 3.63) is 93.8 Å². The smallest absolute Gasteiger partial charge is 0.300 e. The minimum absolute atomic E-state index is 0.114. The predicted octanol–water partition coefficient (Wildman–Crippen LogP) is 5.43. The molecule has 1 atom stereocenters. The third kappa shape index (κ3) is 3.99. The highest BCUT2D eigenvalue weighted by Gasteiger charge is 2.47. The lowest BCUT2D eigenvalue weighted by molar-refractivity contribution is -0.132. The summed E-state index contributed by atoms with van der Waals surface area (Å²) in [5, 5.41) is 11.5. The van der Waals surface area contributed by atoms with Crippen LogP contribution in [0.25, 0.3) is 5.76 Å². The molecule has 0 radical (unpaired) electrons. The maximum atomic E-state index is 14.0. The van der Waals surface area contributed by atoms with E-state index in [0.29, 0.717) is 11.3 Å². The molecule has 0 saturated carbocycles. The molecular weight excluding hydrogens is 461 g/mol. The maximum Gasteiger partial charge on any atom is 0.300 e. The molecule has 1 fully saturated rings. The summed E-state index contributed by atoms with van der Waals surface area (Å²) < 4.78 is 24.6. The van der Waals surface area contributed by atoms with Gasteiger partial charge in [-0.05, 0) is 36.8 Å². The van der Waals surface area contributed by atoms with Gasteiger partial charge in [0.05, 0.1) is 36.4 Å². The number of aliphatic hydroxyl groups excluding tert-OH is 1. The van der Waals surface area contributed by atoms with E-state index in [0.717, 1.165) is 5.56 Å². The highest BCUT2D eigenvalue weighted by molar-refractivity contribution is 6.51. The normalized spacial score (nSPS) is 17.2. The zero-order chi connectivity index (χ0) is 24.6. The topological polar surface area (TPSA) is 76.1 Å². The van der Waals surface area contributed by atoms with Crippen molar-refractivity contribution in [3.63, 3.8) is 0 Å². The van der Waals surface area contributed by atoms with Gasteiger partial charge in [0.25, 0.3) is 11.7 Å². The summed E-state index contributed by atoms with van der Waals surface area (Å²) in [6.07, 6.45) is 0. The third-order valence-corrected chi connectivity index (χ3v) is 5.91. The van der Waals surface area contributed by atoms with Gasteiger partial charge < -0.3 is 14.6 Å². The van der Waals surface area contributed by atoms with Gasteiger partial charge in [-0.25, -0.2) is 4.39 Å². The fourth-order valence-electron chi connectivity index (χ4n) is 4.07. The molecule has 1 aliphatic heterocycles. The fraction of sp³-hybridized carbons (Fsp3) is 0.154. The Morgan fingerprint density at radius 1 is 1.00 bits per heavy atom. The molecule has 0 aliphatic carbocycles. The van der Waals surface area contributed by atoms with E-state index in [-0.39, 0.29) is 27.6 Å². The Labute approximate surface area is 200 Å². The molecule has 1 unspecified atom stereocenters. The average molecular weight is 482 g/mol. The molecule has 3 aromatic carbocycles. The summed E-state index contributed by atoms with van der Waals surface area (Å²) in [4.78, 5) is 27.6. The summed E-state index contributed by atoms with van der Waals surface area (Å²) in [6.45, 7) is 1.87. The Morgan fingerprint density at radius 3 is 2.35 bits per heavy atom. The van der Waals surface area contributed by atoms with Gasteiger partial charge >= 0.3 is 0 Å². The van der Waals surface area contributed by atoms with Gasteiger partial charge in [0.15, 0.2) is 0 Å². The largest absolute Gasteiger partial charge is 0.507 e. The monoisotopic (exact) mass is 481 g/mol. The number of aryl methyl sites for hydroxylation is 1. The van der Waals surface area contributed by atoms with Crippen LogP contribution < -0.4 is 14.4 Å². The molecule has 1 saturated heterocycles. The molecule has 1 amide bonds. The van der Waals surface area contributed by atoms with Crippen molar-refractivity contribution in [3.8, 4) is 11.5 Å². The molecule has 4 rings (SSSR count). The first kappa shape index (κ1) is 23.3. The number of carbonyl (C=O) groups is 2. The van der Waals surface area contributed by atoms with E-state index in [1.165, 1.54) is 55.5 Å². The van der Waals surface area contributed by atoms with Crippen molar-refractivity contribution in [2.45, 2.75) is 13.0 Å². The first-order chi connectivity index (χ1) is 16.3. The van der Waals surface area contributed by atoms with E-state index in [9.17, 15) is 19.1 Å². The van der Waals surface area contributed by atoms with Crippen LogP contribution in [0, 0.1) is 12.7 Å². The SMILES string of the molecule is COc1cc(OC)c(/C(O)=C2\C(=O)C(=O)N(c3cccc(F)c3)C2c2cccc(C)c2)cc1Cl. The van der Waals surface area contributed by atoms with E-state index in [1.807, 2.05) is 13.0 Å². The molecule has 6 nitrogen and oxygen atoms in total. The Kier molecular flexibility index (Phi) is 6.30. The number of benzene rings is 3. The van der Waals surface area contributed by atoms with E-state index >= 15 is 0 Å². The summed E-state index contributed by atoms with van der Waals surface area (Å²) >= 11 is 6.27. The first-order valence-corrected chi connectivity index (χ1v) is 10.7. The molecular formula is C26H21ClFNO5. The van der Waals surface area contributed by atoms with Crippen molar-refractivity contribution in [2.24, 2.45) is 0 Å². The second-order valence-electron chi connectivity index (χ2n) is 7.75. The first-order valence-electron chi connectivity index (χ1n) is 10.3. The second-order valence-corrected chi connectivity index (χ2v) is 8.16.